The lowest BCUT2D eigenvalue weighted by Crippen LogP contribution is -2.48. The number of benzene rings is 2. The van der Waals surface area contributed by atoms with E-state index in [4.69, 9.17) is 23.2 Å². The lowest BCUT2D eigenvalue weighted by molar-refractivity contribution is -0.125. The molecule has 1 saturated heterocycles. The number of aliphatic hydroxyl groups is 1. The maximum absolute atomic E-state index is 14.2. The van der Waals surface area contributed by atoms with E-state index < -0.39 is 39.5 Å². The molecule has 2 aliphatic rings. The molecule has 5 rings (SSSR count). The number of rotatable bonds is 8. The summed E-state index contributed by atoms with van der Waals surface area (Å²) in [5.74, 6) is -0.912. The number of imidazole rings is 1. The highest BCUT2D eigenvalue weighted by Crippen LogP contribution is 2.45. The molecule has 14 heteroatoms. The Morgan fingerprint density at radius 3 is 2.52 bits per heavy atom. The Kier molecular flexibility index (Phi) is 8.08. The van der Waals surface area contributed by atoms with Crippen LogP contribution in [0.1, 0.15) is 37.8 Å². The predicted octanol–water partition coefficient (Wildman–Crippen LogP) is 3.35. The van der Waals surface area contributed by atoms with E-state index in [9.17, 15) is 28.4 Å². The first-order valence-electron chi connectivity index (χ1n) is 13.2. The van der Waals surface area contributed by atoms with Gasteiger partial charge in [0.1, 0.15) is 11.6 Å². The molecule has 0 bridgehead atoms. The van der Waals surface area contributed by atoms with E-state index in [1.54, 1.807) is 31.2 Å². The summed E-state index contributed by atoms with van der Waals surface area (Å²) in [4.78, 5) is 32.9. The molecule has 2 N–H and O–H groups in total. The number of amides is 2. The highest BCUT2D eigenvalue weighted by molar-refractivity contribution is 7.89. The van der Waals surface area contributed by atoms with Crippen LogP contribution in [0.25, 0.3) is 0 Å². The monoisotopic (exact) mass is 630 g/mol. The minimum Gasteiger partial charge on any atom is -0.392 e. The number of hydrogen-bond acceptors (Lipinski definition) is 7. The van der Waals surface area contributed by atoms with Crippen LogP contribution in [0.4, 0.5) is 11.6 Å². The van der Waals surface area contributed by atoms with Gasteiger partial charge < -0.3 is 10.4 Å². The normalized spacial score (nSPS) is 21.3. The highest BCUT2D eigenvalue weighted by atomic mass is 35.5. The minimum atomic E-state index is -4.34. The van der Waals surface area contributed by atoms with Gasteiger partial charge in [0, 0.05) is 29.6 Å². The topological polar surface area (TPSA) is 149 Å². The minimum absolute atomic E-state index is 0.0143. The largest absolute Gasteiger partial charge is 0.392 e. The fourth-order valence-corrected chi connectivity index (χ4v) is 7.84. The molecule has 3 atom stereocenters. The van der Waals surface area contributed by atoms with E-state index in [0.29, 0.717) is 29.7 Å². The number of anilines is 2. The summed E-state index contributed by atoms with van der Waals surface area (Å²) in [6.45, 7) is 3.23. The molecule has 3 heterocycles. The maximum atomic E-state index is 14.2. The molecule has 2 aromatic carbocycles. The zero-order valence-electron chi connectivity index (χ0n) is 22.8. The Morgan fingerprint density at radius 2 is 1.90 bits per heavy atom. The number of aromatic nitrogens is 2. The van der Waals surface area contributed by atoms with Gasteiger partial charge in [-0.2, -0.15) is 9.57 Å². The van der Waals surface area contributed by atoms with E-state index in [-0.39, 0.29) is 40.5 Å². The van der Waals surface area contributed by atoms with Crippen molar-refractivity contribution in [3.05, 3.63) is 69.8 Å². The summed E-state index contributed by atoms with van der Waals surface area (Å²) in [5.41, 5.74) is -0.0257. The Labute approximate surface area is 253 Å². The number of hydrogen-bond donors (Lipinski definition) is 2. The number of halogens is 2. The summed E-state index contributed by atoms with van der Waals surface area (Å²) in [5, 5.41) is 21.7. The summed E-state index contributed by atoms with van der Waals surface area (Å²) in [6, 6.07) is 12.3. The summed E-state index contributed by atoms with van der Waals surface area (Å²) < 4.78 is 31.0. The van der Waals surface area contributed by atoms with Gasteiger partial charge in [-0.1, -0.05) is 35.3 Å². The smallest absolute Gasteiger partial charge is 0.261 e. The van der Waals surface area contributed by atoms with Crippen LogP contribution >= 0.6 is 23.2 Å². The van der Waals surface area contributed by atoms with Gasteiger partial charge in [-0.15, -0.1) is 0 Å². The Balaban J connectivity index is 1.62. The zero-order valence-corrected chi connectivity index (χ0v) is 25.1. The van der Waals surface area contributed by atoms with E-state index in [1.165, 1.54) is 40.8 Å². The molecule has 3 unspecified atom stereocenters. The Morgan fingerprint density at radius 1 is 1.24 bits per heavy atom. The van der Waals surface area contributed by atoms with Gasteiger partial charge in [0.05, 0.1) is 29.6 Å². The summed E-state index contributed by atoms with van der Waals surface area (Å²) in [7, 11) is -4.34. The molecule has 2 amide bonds. The Bertz CT molecular complexity index is 1680. The predicted molar refractivity (Wildman–Crippen MR) is 156 cm³/mol. The van der Waals surface area contributed by atoms with Crippen LogP contribution in [0.2, 0.25) is 10.0 Å². The van der Waals surface area contributed by atoms with Crippen molar-refractivity contribution in [2.24, 2.45) is 0 Å². The molecule has 0 saturated carbocycles. The molecule has 0 aliphatic carbocycles. The van der Waals surface area contributed by atoms with Crippen LogP contribution in [0.15, 0.2) is 53.7 Å². The van der Waals surface area contributed by atoms with Gasteiger partial charge in [-0.05, 0) is 62.6 Å². The van der Waals surface area contributed by atoms with Gasteiger partial charge in [0.15, 0.2) is 5.03 Å². The quantitative estimate of drug-likeness (QED) is 0.388. The van der Waals surface area contributed by atoms with Gasteiger partial charge in [-0.25, -0.2) is 18.3 Å². The van der Waals surface area contributed by atoms with Crippen LogP contribution in [-0.4, -0.2) is 64.4 Å². The molecule has 0 spiro atoms. The molecular weight excluding hydrogens is 603 g/mol. The van der Waals surface area contributed by atoms with E-state index in [2.05, 4.69) is 16.4 Å². The van der Waals surface area contributed by atoms with Crippen molar-refractivity contribution in [1.82, 2.24) is 19.2 Å². The molecular formula is C28H28Cl2N6O5S. The van der Waals surface area contributed by atoms with Crippen LogP contribution in [-0.2, 0) is 31.6 Å². The van der Waals surface area contributed by atoms with Crippen LogP contribution in [0.3, 0.4) is 0 Å². The van der Waals surface area contributed by atoms with Crippen molar-refractivity contribution in [1.29, 1.82) is 5.26 Å². The lowest BCUT2D eigenvalue weighted by Gasteiger charge is -2.29. The molecule has 3 aromatic rings. The average molecular weight is 632 g/mol. The van der Waals surface area contributed by atoms with Crippen molar-refractivity contribution in [3.63, 3.8) is 0 Å². The Hall–Kier alpha value is -3.47. The number of carbonyl (C=O) groups excluding carboxylic acids is 2. The number of nitrogens with zero attached hydrogens (tertiary/aromatic N) is 5. The molecule has 0 radical (unpaired) electrons. The number of aliphatic hydroxyl groups excluding tert-OH is 1. The van der Waals surface area contributed by atoms with E-state index >= 15 is 0 Å². The second-order valence-corrected chi connectivity index (χ2v) is 13.3. The maximum Gasteiger partial charge on any atom is 0.261 e. The fraction of sp³-hybridized carbons (Fsp3) is 0.357. The van der Waals surface area contributed by atoms with Crippen LogP contribution in [0, 0.1) is 11.3 Å². The van der Waals surface area contributed by atoms with Gasteiger partial charge in [0.2, 0.25) is 11.9 Å². The van der Waals surface area contributed by atoms with Gasteiger partial charge in [0.25, 0.3) is 15.9 Å². The standard InChI is InChI=1S/C28H28Cl2N6O5S/c1-17(37)15-32-25(38)23-4-3-9-34(23)42(40,41)24-16-33-27-35(22-11-20(29)10-21(30)12-22)26(39)28(2,36(24)27)13-18-5-7-19(14-31)8-6-18/h5-8,10-12,16-17,23,37H,3-4,9,13,15H2,1-2H3,(H,32,38). The second kappa shape index (κ2) is 11.3. The number of carbonyl (C=O) groups is 2. The number of nitrogens with one attached hydrogen (secondary N) is 1. The van der Waals surface area contributed by atoms with Crippen molar-refractivity contribution in [2.45, 2.75) is 55.8 Å². The SMILES string of the molecule is CC(O)CNC(=O)C1CCCN1S(=O)(=O)c1cnc2n1C(C)(Cc1ccc(C#N)cc1)C(=O)N2c1cc(Cl)cc(Cl)c1. The lowest BCUT2D eigenvalue weighted by atomic mass is 9.91. The van der Waals surface area contributed by atoms with Crippen LogP contribution in [0.5, 0.6) is 0 Å². The van der Waals surface area contributed by atoms with Crippen molar-refractivity contribution < 1.29 is 23.1 Å². The number of sulfonamides is 1. The average Bonchev–Trinajstić information content (AvgIpc) is 3.65. The molecule has 2 aliphatic heterocycles. The van der Waals surface area contributed by atoms with E-state index in [1.807, 2.05) is 0 Å². The van der Waals surface area contributed by atoms with Crippen molar-refractivity contribution in [2.75, 3.05) is 18.0 Å². The zero-order chi connectivity index (χ0) is 30.4. The third-order valence-corrected chi connectivity index (χ3v) is 9.76. The van der Waals surface area contributed by atoms with Gasteiger partial charge >= 0.3 is 0 Å². The molecule has 11 nitrogen and oxygen atoms in total. The molecule has 42 heavy (non-hydrogen) atoms. The summed E-state index contributed by atoms with van der Waals surface area (Å²) in [6.07, 6.45) is 1.24. The third kappa shape index (κ3) is 5.27. The van der Waals surface area contributed by atoms with Crippen LogP contribution < -0.4 is 10.2 Å². The van der Waals surface area contributed by atoms with E-state index in [0.717, 1.165) is 4.31 Å². The summed E-state index contributed by atoms with van der Waals surface area (Å²) >= 11 is 12.5. The number of fused-ring (bicyclic) bond motifs is 1. The first-order chi connectivity index (χ1) is 19.9. The van der Waals surface area contributed by atoms with Crippen molar-refractivity contribution >= 4 is 56.7 Å². The third-order valence-electron chi connectivity index (χ3n) is 7.46. The second-order valence-electron chi connectivity index (χ2n) is 10.6. The highest BCUT2D eigenvalue weighted by Gasteiger charge is 2.53. The fourth-order valence-electron chi connectivity index (χ4n) is 5.48. The first kappa shape index (κ1) is 30.0. The first-order valence-corrected chi connectivity index (χ1v) is 15.4. The molecule has 1 fully saturated rings. The number of nitriles is 1. The van der Waals surface area contributed by atoms with Crippen molar-refractivity contribution in [3.8, 4) is 6.07 Å². The molecule has 220 valence electrons. The van der Waals surface area contributed by atoms with Gasteiger partial charge in [-0.3, -0.25) is 14.2 Å². The molecule has 1 aromatic heterocycles.